The van der Waals surface area contributed by atoms with E-state index in [-0.39, 0.29) is 24.2 Å². The van der Waals surface area contributed by atoms with Gasteiger partial charge in [-0.25, -0.2) is 13.1 Å². The Bertz CT molecular complexity index is 376. The molecule has 7 heteroatoms. The van der Waals surface area contributed by atoms with Crippen molar-refractivity contribution in [3.05, 3.63) is 0 Å². The van der Waals surface area contributed by atoms with Crippen molar-refractivity contribution in [3.63, 3.8) is 0 Å². The molecule has 0 bridgehead atoms. The van der Waals surface area contributed by atoms with Crippen LogP contribution in [0.2, 0.25) is 0 Å². The van der Waals surface area contributed by atoms with Crippen LogP contribution in [0.1, 0.15) is 33.1 Å². The van der Waals surface area contributed by atoms with E-state index in [1.807, 2.05) is 13.8 Å². The highest BCUT2D eigenvalue weighted by Crippen LogP contribution is 2.16. The molecule has 1 rings (SSSR count). The summed E-state index contributed by atoms with van der Waals surface area (Å²) < 4.78 is 25.9. The van der Waals surface area contributed by atoms with Gasteiger partial charge in [-0.15, -0.1) is 0 Å². The molecule has 0 spiro atoms. The van der Waals surface area contributed by atoms with Gasteiger partial charge in [-0.2, -0.15) is 0 Å². The van der Waals surface area contributed by atoms with Crippen molar-refractivity contribution < 1.29 is 13.2 Å². The highest BCUT2D eigenvalue weighted by molar-refractivity contribution is 7.89. The Morgan fingerprint density at radius 2 is 1.95 bits per heavy atom. The van der Waals surface area contributed by atoms with Crippen molar-refractivity contribution in [2.24, 2.45) is 5.92 Å². The Labute approximate surface area is 115 Å². The number of rotatable bonds is 7. The van der Waals surface area contributed by atoms with Gasteiger partial charge in [-0.05, 0) is 52.1 Å². The Kier molecular flexibility index (Phi) is 6.74. The molecule has 0 aromatic heterocycles. The molecule has 6 nitrogen and oxygen atoms in total. The minimum atomic E-state index is -3.34. The van der Waals surface area contributed by atoms with E-state index in [1.54, 1.807) is 0 Å². The first-order chi connectivity index (χ1) is 8.89. The fourth-order valence-corrected chi connectivity index (χ4v) is 3.25. The number of piperidine rings is 1. The van der Waals surface area contributed by atoms with Gasteiger partial charge in [0.25, 0.3) is 0 Å². The maximum Gasteiger partial charge on any atom is 0.235 e. The zero-order valence-electron chi connectivity index (χ0n) is 11.7. The molecule has 3 N–H and O–H groups in total. The maximum atomic E-state index is 11.8. The first-order valence-electron chi connectivity index (χ1n) is 6.86. The summed E-state index contributed by atoms with van der Waals surface area (Å²) in [5.74, 6) is 0.287. The molecule has 0 aliphatic carbocycles. The molecule has 19 heavy (non-hydrogen) atoms. The summed E-state index contributed by atoms with van der Waals surface area (Å²) in [5, 5.41) is 5.90. The predicted molar refractivity (Wildman–Crippen MR) is 75.3 cm³/mol. The SMILES string of the molecule is CC(C)NC(=O)CNS(=O)(=O)CCC1CCNCC1. The van der Waals surface area contributed by atoms with Gasteiger partial charge in [0.15, 0.2) is 0 Å². The van der Waals surface area contributed by atoms with Gasteiger partial charge >= 0.3 is 0 Å². The molecule has 1 aliphatic heterocycles. The third-order valence-corrected chi connectivity index (χ3v) is 4.51. The Hall–Kier alpha value is -0.660. The number of amides is 1. The van der Waals surface area contributed by atoms with Gasteiger partial charge < -0.3 is 10.6 Å². The molecule has 0 saturated carbocycles. The van der Waals surface area contributed by atoms with Crippen LogP contribution in [-0.4, -0.2) is 45.8 Å². The van der Waals surface area contributed by atoms with Gasteiger partial charge in [0, 0.05) is 6.04 Å². The second-order valence-electron chi connectivity index (χ2n) is 5.34. The van der Waals surface area contributed by atoms with Crippen molar-refractivity contribution >= 4 is 15.9 Å². The van der Waals surface area contributed by atoms with Crippen LogP contribution in [0.25, 0.3) is 0 Å². The van der Waals surface area contributed by atoms with Crippen molar-refractivity contribution in [1.29, 1.82) is 0 Å². The second-order valence-corrected chi connectivity index (χ2v) is 7.27. The van der Waals surface area contributed by atoms with E-state index in [0.717, 1.165) is 25.9 Å². The number of hydrogen-bond acceptors (Lipinski definition) is 4. The number of carbonyl (C=O) groups excluding carboxylic acids is 1. The summed E-state index contributed by atoms with van der Waals surface area (Å²) in [6.07, 6.45) is 2.73. The van der Waals surface area contributed by atoms with Crippen molar-refractivity contribution in [3.8, 4) is 0 Å². The van der Waals surface area contributed by atoms with E-state index >= 15 is 0 Å². The summed E-state index contributed by atoms with van der Waals surface area (Å²) >= 11 is 0. The lowest BCUT2D eigenvalue weighted by atomic mass is 9.96. The van der Waals surface area contributed by atoms with Crippen molar-refractivity contribution in [2.75, 3.05) is 25.4 Å². The molecule has 0 radical (unpaired) electrons. The normalized spacial score (nSPS) is 17.6. The lowest BCUT2D eigenvalue weighted by molar-refractivity contribution is -0.120. The van der Waals surface area contributed by atoms with E-state index in [9.17, 15) is 13.2 Å². The van der Waals surface area contributed by atoms with Crippen molar-refractivity contribution in [2.45, 2.75) is 39.2 Å². The Morgan fingerprint density at radius 3 is 2.53 bits per heavy atom. The lowest BCUT2D eigenvalue weighted by Crippen LogP contribution is -2.40. The van der Waals surface area contributed by atoms with Crippen LogP contribution in [0.4, 0.5) is 0 Å². The molecule has 0 unspecified atom stereocenters. The summed E-state index contributed by atoms with van der Waals surface area (Å²) in [4.78, 5) is 11.4. The molecule has 1 heterocycles. The van der Waals surface area contributed by atoms with Gasteiger partial charge in [-0.1, -0.05) is 0 Å². The van der Waals surface area contributed by atoms with Gasteiger partial charge in [0.2, 0.25) is 15.9 Å². The minimum Gasteiger partial charge on any atom is -0.353 e. The third kappa shape index (κ3) is 7.49. The lowest BCUT2D eigenvalue weighted by Gasteiger charge is -2.22. The van der Waals surface area contributed by atoms with E-state index < -0.39 is 10.0 Å². The topological polar surface area (TPSA) is 87.3 Å². The van der Waals surface area contributed by atoms with E-state index in [4.69, 9.17) is 0 Å². The van der Waals surface area contributed by atoms with Crippen LogP contribution >= 0.6 is 0 Å². The fourth-order valence-electron chi connectivity index (χ4n) is 2.11. The summed E-state index contributed by atoms with van der Waals surface area (Å²) in [6, 6.07) is 0.0201. The first-order valence-corrected chi connectivity index (χ1v) is 8.51. The first kappa shape index (κ1) is 16.4. The zero-order valence-corrected chi connectivity index (χ0v) is 12.6. The van der Waals surface area contributed by atoms with E-state index in [2.05, 4.69) is 15.4 Å². The molecule has 0 aromatic rings. The second kappa shape index (κ2) is 7.81. The smallest absolute Gasteiger partial charge is 0.235 e. The highest BCUT2D eigenvalue weighted by atomic mass is 32.2. The number of carbonyl (C=O) groups is 1. The van der Waals surface area contributed by atoms with Crippen LogP contribution in [0.3, 0.4) is 0 Å². The summed E-state index contributed by atoms with van der Waals surface area (Å²) in [6.45, 7) is 5.43. The number of sulfonamides is 1. The molecule has 1 fully saturated rings. The monoisotopic (exact) mass is 291 g/mol. The minimum absolute atomic E-state index is 0.0201. The summed E-state index contributed by atoms with van der Waals surface area (Å²) in [5.41, 5.74) is 0. The molecule has 1 amide bonds. The quantitative estimate of drug-likeness (QED) is 0.607. The van der Waals surface area contributed by atoms with Gasteiger partial charge in [0.05, 0.1) is 12.3 Å². The molecular weight excluding hydrogens is 266 g/mol. The Balaban J connectivity index is 2.25. The van der Waals surface area contributed by atoms with Crippen LogP contribution in [-0.2, 0) is 14.8 Å². The molecule has 112 valence electrons. The van der Waals surface area contributed by atoms with Crippen LogP contribution in [0.15, 0.2) is 0 Å². The fraction of sp³-hybridized carbons (Fsp3) is 0.917. The predicted octanol–water partition coefficient (Wildman–Crippen LogP) is -0.180. The maximum absolute atomic E-state index is 11.8. The van der Waals surface area contributed by atoms with Gasteiger partial charge in [0.1, 0.15) is 0 Å². The molecular formula is C12H25N3O3S. The van der Waals surface area contributed by atoms with E-state index in [0.29, 0.717) is 12.3 Å². The average Bonchev–Trinajstić information content (AvgIpc) is 2.35. The molecule has 1 aliphatic rings. The Morgan fingerprint density at radius 1 is 1.32 bits per heavy atom. The zero-order chi connectivity index (χ0) is 14.3. The van der Waals surface area contributed by atoms with E-state index in [1.165, 1.54) is 0 Å². The van der Waals surface area contributed by atoms with Gasteiger partial charge in [-0.3, -0.25) is 4.79 Å². The van der Waals surface area contributed by atoms with Crippen LogP contribution in [0.5, 0.6) is 0 Å². The molecule has 0 atom stereocenters. The standard InChI is InChI=1S/C12H25N3O3S/c1-10(2)15-12(16)9-14-19(17,18)8-5-11-3-6-13-7-4-11/h10-11,13-14H,3-9H2,1-2H3,(H,15,16). The van der Waals surface area contributed by atoms with Crippen molar-refractivity contribution in [1.82, 2.24) is 15.4 Å². The van der Waals surface area contributed by atoms with Crippen LogP contribution < -0.4 is 15.4 Å². The third-order valence-electron chi connectivity index (χ3n) is 3.16. The largest absolute Gasteiger partial charge is 0.353 e. The highest BCUT2D eigenvalue weighted by Gasteiger charge is 2.18. The molecule has 1 saturated heterocycles. The average molecular weight is 291 g/mol. The summed E-state index contributed by atoms with van der Waals surface area (Å²) in [7, 11) is -3.34. The van der Waals surface area contributed by atoms with Crippen LogP contribution in [0, 0.1) is 5.92 Å². The number of hydrogen-bond donors (Lipinski definition) is 3. The number of nitrogens with one attached hydrogen (secondary N) is 3. The molecule has 0 aromatic carbocycles.